The van der Waals surface area contributed by atoms with Crippen molar-refractivity contribution in [2.45, 2.75) is 78.4 Å². The Kier molecular flexibility index (Phi) is 6.08. The molecule has 0 atom stereocenters. The van der Waals surface area contributed by atoms with Gasteiger partial charge in [-0.1, -0.05) is 13.8 Å². The second kappa shape index (κ2) is 8.69. The SMILES string of the molecule is CC(=O)O[C@H]1CC[C@H](Nc2cc(-n3cc(C)c4c3CC(C)(C)CC4=O)ccc2C(N)=O)CC1. The van der Waals surface area contributed by atoms with Crippen molar-refractivity contribution in [2.75, 3.05) is 5.32 Å². The molecule has 1 aromatic heterocycles. The minimum Gasteiger partial charge on any atom is -0.463 e. The molecule has 1 fully saturated rings. The Morgan fingerprint density at radius 1 is 1.15 bits per heavy atom. The normalized spacial score (nSPS) is 21.9. The second-order valence-electron chi connectivity index (χ2n) is 10.3. The first-order valence-corrected chi connectivity index (χ1v) is 11.7. The zero-order valence-corrected chi connectivity index (χ0v) is 19.9. The zero-order chi connectivity index (χ0) is 23.9. The fourth-order valence-corrected chi connectivity index (χ4v) is 5.30. The van der Waals surface area contributed by atoms with E-state index >= 15 is 0 Å². The van der Waals surface area contributed by atoms with Gasteiger partial charge in [0.15, 0.2) is 5.78 Å². The predicted molar refractivity (Wildman–Crippen MR) is 127 cm³/mol. The molecule has 0 radical (unpaired) electrons. The number of aromatic nitrogens is 1. The number of carbonyl (C=O) groups excluding carboxylic acids is 3. The van der Waals surface area contributed by atoms with E-state index < -0.39 is 5.91 Å². The summed E-state index contributed by atoms with van der Waals surface area (Å²) in [5, 5.41) is 3.51. The van der Waals surface area contributed by atoms with Gasteiger partial charge < -0.3 is 20.4 Å². The molecule has 1 heterocycles. The monoisotopic (exact) mass is 451 g/mol. The van der Waals surface area contributed by atoms with Crippen molar-refractivity contribution >= 4 is 23.3 Å². The number of ketones is 1. The number of hydrogen-bond acceptors (Lipinski definition) is 5. The highest BCUT2D eigenvalue weighted by atomic mass is 16.5. The summed E-state index contributed by atoms with van der Waals surface area (Å²) in [5.74, 6) is -0.545. The van der Waals surface area contributed by atoms with Crippen molar-refractivity contribution in [3.63, 3.8) is 0 Å². The van der Waals surface area contributed by atoms with Crippen LogP contribution < -0.4 is 11.1 Å². The number of carbonyl (C=O) groups is 3. The number of benzene rings is 1. The van der Waals surface area contributed by atoms with Gasteiger partial charge in [0.25, 0.3) is 5.91 Å². The molecule has 2 aliphatic carbocycles. The van der Waals surface area contributed by atoms with E-state index in [1.54, 1.807) is 6.07 Å². The smallest absolute Gasteiger partial charge is 0.302 e. The molecular formula is C26H33N3O4. The summed E-state index contributed by atoms with van der Waals surface area (Å²) in [6.45, 7) is 7.65. The van der Waals surface area contributed by atoms with Crippen LogP contribution in [0, 0.1) is 12.3 Å². The molecule has 0 saturated heterocycles. The van der Waals surface area contributed by atoms with Gasteiger partial charge >= 0.3 is 5.97 Å². The highest BCUT2D eigenvalue weighted by Crippen LogP contribution is 2.38. The number of Topliss-reactive ketones (excluding diaryl/α,β-unsaturated/α-hetero) is 1. The van der Waals surface area contributed by atoms with Crippen molar-refractivity contribution in [1.82, 2.24) is 4.57 Å². The highest BCUT2D eigenvalue weighted by Gasteiger charge is 2.35. The van der Waals surface area contributed by atoms with Crippen LogP contribution in [0.3, 0.4) is 0 Å². The van der Waals surface area contributed by atoms with E-state index in [2.05, 4.69) is 23.7 Å². The molecule has 33 heavy (non-hydrogen) atoms. The Labute approximate surface area is 194 Å². The summed E-state index contributed by atoms with van der Waals surface area (Å²) in [6, 6.07) is 5.74. The Hall–Kier alpha value is -3.09. The summed E-state index contributed by atoms with van der Waals surface area (Å²) in [7, 11) is 0. The first-order chi connectivity index (χ1) is 15.5. The second-order valence-corrected chi connectivity index (χ2v) is 10.3. The van der Waals surface area contributed by atoms with Gasteiger partial charge in [0.05, 0.1) is 5.56 Å². The van der Waals surface area contributed by atoms with Crippen LogP contribution in [-0.2, 0) is 16.0 Å². The summed E-state index contributed by atoms with van der Waals surface area (Å²) in [5.41, 5.74) is 10.4. The predicted octanol–water partition coefficient (Wildman–Crippen LogP) is 4.33. The molecule has 176 valence electrons. The summed E-state index contributed by atoms with van der Waals surface area (Å²) in [6.07, 6.45) is 6.56. The number of nitrogens with zero attached hydrogens (tertiary/aromatic N) is 1. The van der Waals surface area contributed by atoms with E-state index in [-0.39, 0.29) is 29.3 Å². The topological polar surface area (TPSA) is 103 Å². The first-order valence-electron chi connectivity index (χ1n) is 11.7. The van der Waals surface area contributed by atoms with Crippen molar-refractivity contribution in [2.24, 2.45) is 11.1 Å². The van der Waals surface area contributed by atoms with E-state index in [1.165, 1.54) is 6.92 Å². The van der Waals surface area contributed by atoms with Gasteiger partial charge in [-0.05, 0) is 68.2 Å². The third-order valence-corrected chi connectivity index (χ3v) is 6.77. The Morgan fingerprint density at radius 3 is 2.48 bits per heavy atom. The number of aryl methyl sites for hydroxylation is 1. The third-order valence-electron chi connectivity index (χ3n) is 6.77. The fraction of sp³-hybridized carbons (Fsp3) is 0.500. The van der Waals surface area contributed by atoms with Crippen molar-refractivity contribution < 1.29 is 19.1 Å². The number of nitrogens with two attached hydrogens (primary N) is 1. The highest BCUT2D eigenvalue weighted by molar-refractivity contribution is 6.01. The largest absolute Gasteiger partial charge is 0.463 e. The number of esters is 1. The van der Waals surface area contributed by atoms with E-state index in [0.29, 0.717) is 17.7 Å². The van der Waals surface area contributed by atoms with Crippen LogP contribution >= 0.6 is 0 Å². The van der Waals surface area contributed by atoms with Gasteiger partial charge in [0.1, 0.15) is 6.10 Å². The molecule has 1 aromatic carbocycles. The average Bonchev–Trinajstić information content (AvgIpc) is 3.04. The Balaban J connectivity index is 1.63. The maximum Gasteiger partial charge on any atom is 0.302 e. The molecule has 0 spiro atoms. The fourth-order valence-electron chi connectivity index (χ4n) is 5.30. The molecule has 7 heteroatoms. The minimum absolute atomic E-state index is 0.0437. The van der Waals surface area contributed by atoms with Gasteiger partial charge in [0, 0.05) is 48.2 Å². The number of anilines is 1. The number of primary amides is 1. The van der Waals surface area contributed by atoms with Crippen molar-refractivity contribution in [3.05, 3.63) is 46.8 Å². The van der Waals surface area contributed by atoms with Gasteiger partial charge in [-0.15, -0.1) is 0 Å². The molecule has 0 unspecified atom stereocenters. The molecule has 0 bridgehead atoms. The van der Waals surface area contributed by atoms with Gasteiger partial charge in [0.2, 0.25) is 0 Å². The van der Waals surface area contributed by atoms with Crippen molar-refractivity contribution in [1.29, 1.82) is 0 Å². The van der Waals surface area contributed by atoms with E-state index in [9.17, 15) is 14.4 Å². The molecule has 2 aromatic rings. The average molecular weight is 452 g/mol. The van der Waals surface area contributed by atoms with Crippen LogP contribution in [0.15, 0.2) is 24.4 Å². The summed E-state index contributed by atoms with van der Waals surface area (Å²) >= 11 is 0. The minimum atomic E-state index is -0.486. The number of fused-ring (bicyclic) bond motifs is 1. The molecule has 3 N–H and O–H groups in total. The quantitative estimate of drug-likeness (QED) is 0.659. The summed E-state index contributed by atoms with van der Waals surface area (Å²) in [4.78, 5) is 36.2. The molecule has 1 saturated carbocycles. The van der Waals surface area contributed by atoms with Crippen LogP contribution in [0.2, 0.25) is 0 Å². The molecule has 7 nitrogen and oxygen atoms in total. The van der Waals surface area contributed by atoms with Crippen LogP contribution in [-0.4, -0.2) is 34.4 Å². The van der Waals surface area contributed by atoms with Gasteiger partial charge in [-0.3, -0.25) is 14.4 Å². The molecule has 1 amide bonds. The lowest BCUT2D eigenvalue weighted by molar-refractivity contribution is -0.147. The zero-order valence-electron chi connectivity index (χ0n) is 19.9. The van der Waals surface area contributed by atoms with E-state index in [1.807, 2.05) is 25.3 Å². The van der Waals surface area contributed by atoms with Crippen molar-refractivity contribution in [3.8, 4) is 5.69 Å². The standard InChI is InChI=1S/C26H33N3O4/c1-15-14-29(22-12-26(3,4)13-23(31)24(15)22)18-7-10-20(25(27)32)21(11-18)28-17-5-8-19(9-6-17)33-16(2)30/h7,10-11,14,17,19,28H,5-6,8-9,12-13H2,1-4H3,(H2,27,32)/t17-,19-. The number of rotatable bonds is 5. The number of ether oxygens (including phenoxy) is 1. The lowest BCUT2D eigenvalue weighted by Gasteiger charge is -2.31. The molecule has 2 aliphatic rings. The molecular weight excluding hydrogens is 418 g/mol. The maximum absolute atomic E-state index is 12.8. The van der Waals surface area contributed by atoms with E-state index in [0.717, 1.165) is 54.6 Å². The number of nitrogens with one attached hydrogen (secondary N) is 1. The Morgan fingerprint density at radius 2 is 1.85 bits per heavy atom. The molecule has 0 aliphatic heterocycles. The summed E-state index contributed by atoms with van der Waals surface area (Å²) < 4.78 is 7.42. The van der Waals surface area contributed by atoms with Gasteiger partial charge in [-0.2, -0.15) is 0 Å². The number of amides is 1. The Bertz CT molecular complexity index is 1110. The lowest BCUT2D eigenvalue weighted by atomic mass is 9.75. The first kappa shape index (κ1) is 23.1. The number of hydrogen-bond donors (Lipinski definition) is 2. The lowest BCUT2D eigenvalue weighted by Crippen LogP contribution is -2.31. The van der Waals surface area contributed by atoms with Crippen LogP contribution in [0.25, 0.3) is 5.69 Å². The van der Waals surface area contributed by atoms with Crippen LogP contribution in [0.5, 0.6) is 0 Å². The third kappa shape index (κ3) is 4.82. The maximum atomic E-state index is 12.8. The van der Waals surface area contributed by atoms with Gasteiger partial charge in [-0.25, -0.2) is 0 Å². The van der Waals surface area contributed by atoms with E-state index in [4.69, 9.17) is 10.5 Å². The molecule has 4 rings (SSSR count). The van der Waals surface area contributed by atoms with Crippen LogP contribution in [0.1, 0.15) is 84.8 Å². The van der Waals surface area contributed by atoms with Crippen LogP contribution in [0.4, 0.5) is 5.69 Å².